The van der Waals surface area contributed by atoms with E-state index in [0.717, 1.165) is 13.0 Å². The second kappa shape index (κ2) is 5.90. The maximum atomic E-state index is 11.0. The number of aromatic carboxylic acids is 1. The Morgan fingerprint density at radius 3 is 3.00 bits per heavy atom. The zero-order chi connectivity index (χ0) is 12.0. The fourth-order valence-corrected chi connectivity index (χ4v) is 1.53. The first-order chi connectivity index (χ1) is 7.70. The molecule has 16 heavy (non-hydrogen) atoms. The molecule has 0 aliphatic rings. The lowest BCUT2D eigenvalue weighted by atomic mass is 10.2. The molecule has 0 radical (unpaired) electrons. The maximum Gasteiger partial charge on any atom is 0.339 e. The van der Waals surface area contributed by atoms with Crippen molar-refractivity contribution in [1.82, 2.24) is 4.98 Å². The summed E-state index contributed by atoms with van der Waals surface area (Å²) in [6, 6.07) is 3.20. The molecule has 0 atom stereocenters. The number of pyridine rings is 1. The molecule has 0 fully saturated rings. The summed E-state index contributed by atoms with van der Waals surface area (Å²) in [6.45, 7) is 7.08. The lowest BCUT2D eigenvalue weighted by molar-refractivity contribution is 0.0697. The summed E-state index contributed by atoms with van der Waals surface area (Å²) in [5.74, 6) is -0.440. The van der Waals surface area contributed by atoms with Crippen molar-refractivity contribution in [2.24, 2.45) is 0 Å². The van der Waals surface area contributed by atoms with Gasteiger partial charge >= 0.3 is 5.97 Å². The van der Waals surface area contributed by atoms with E-state index in [4.69, 9.17) is 5.11 Å². The number of carboxylic acids is 1. The van der Waals surface area contributed by atoms with Crippen molar-refractivity contribution < 1.29 is 9.90 Å². The fraction of sp³-hybridized carbons (Fsp3) is 0.333. The first-order valence-corrected chi connectivity index (χ1v) is 5.24. The van der Waals surface area contributed by atoms with Crippen LogP contribution in [-0.2, 0) is 0 Å². The van der Waals surface area contributed by atoms with Crippen molar-refractivity contribution in [3.8, 4) is 0 Å². The molecule has 4 nitrogen and oxygen atoms in total. The van der Waals surface area contributed by atoms with Crippen LogP contribution in [0, 0.1) is 0 Å². The van der Waals surface area contributed by atoms with Gasteiger partial charge in [-0.2, -0.15) is 0 Å². The number of hydrogen-bond acceptors (Lipinski definition) is 3. The minimum absolute atomic E-state index is 0.234. The van der Waals surface area contributed by atoms with Gasteiger partial charge in [0.05, 0.1) is 0 Å². The molecule has 0 aliphatic heterocycles. The summed E-state index contributed by atoms with van der Waals surface area (Å²) in [6.07, 6.45) is 4.28. The van der Waals surface area contributed by atoms with Crippen LogP contribution in [0.3, 0.4) is 0 Å². The molecule has 0 aromatic carbocycles. The van der Waals surface area contributed by atoms with E-state index in [9.17, 15) is 4.79 Å². The molecule has 0 spiro atoms. The number of anilines is 1. The van der Waals surface area contributed by atoms with Crippen molar-refractivity contribution in [1.29, 1.82) is 0 Å². The highest BCUT2D eigenvalue weighted by Gasteiger charge is 2.15. The van der Waals surface area contributed by atoms with Gasteiger partial charge in [-0.1, -0.05) is 13.0 Å². The van der Waals surface area contributed by atoms with Crippen LogP contribution in [0.1, 0.15) is 23.7 Å². The highest BCUT2D eigenvalue weighted by molar-refractivity contribution is 5.93. The van der Waals surface area contributed by atoms with Crippen molar-refractivity contribution >= 4 is 11.8 Å². The quantitative estimate of drug-likeness (QED) is 0.746. The van der Waals surface area contributed by atoms with E-state index in [1.54, 1.807) is 24.4 Å². The van der Waals surface area contributed by atoms with E-state index in [1.165, 1.54) is 0 Å². The highest BCUT2D eigenvalue weighted by Crippen LogP contribution is 2.17. The molecule has 0 unspecified atom stereocenters. The Morgan fingerprint density at radius 2 is 2.44 bits per heavy atom. The van der Waals surface area contributed by atoms with Crippen LogP contribution in [0.2, 0.25) is 0 Å². The summed E-state index contributed by atoms with van der Waals surface area (Å²) in [4.78, 5) is 17.1. The third-order valence-electron chi connectivity index (χ3n) is 2.16. The minimum atomic E-state index is -0.951. The van der Waals surface area contributed by atoms with E-state index < -0.39 is 5.97 Å². The molecule has 1 aromatic heterocycles. The van der Waals surface area contributed by atoms with Gasteiger partial charge in [0.1, 0.15) is 11.4 Å². The van der Waals surface area contributed by atoms with Crippen LogP contribution in [0.5, 0.6) is 0 Å². The second-order valence-electron chi connectivity index (χ2n) is 3.41. The zero-order valence-corrected chi connectivity index (χ0v) is 9.39. The van der Waals surface area contributed by atoms with E-state index in [1.807, 2.05) is 11.8 Å². The molecule has 1 N–H and O–H groups in total. The first-order valence-electron chi connectivity index (χ1n) is 5.24. The Hall–Kier alpha value is -1.84. The van der Waals surface area contributed by atoms with Gasteiger partial charge in [0.25, 0.3) is 0 Å². The highest BCUT2D eigenvalue weighted by atomic mass is 16.4. The van der Waals surface area contributed by atoms with Crippen LogP contribution in [0.25, 0.3) is 0 Å². The summed E-state index contributed by atoms with van der Waals surface area (Å²) >= 11 is 0. The van der Waals surface area contributed by atoms with Crippen LogP contribution in [-0.4, -0.2) is 29.1 Å². The summed E-state index contributed by atoms with van der Waals surface area (Å²) in [5.41, 5.74) is 0.234. The molecule has 86 valence electrons. The Morgan fingerprint density at radius 1 is 1.69 bits per heavy atom. The molecule has 0 saturated heterocycles. The number of carboxylic acid groups (broad SMARTS) is 1. The van der Waals surface area contributed by atoms with Gasteiger partial charge in [0.2, 0.25) is 0 Å². The van der Waals surface area contributed by atoms with E-state index in [0.29, 0.717) is 12.4 Å². The van der Waals surface area contributed by atoms with Crippen LogP contribution in [0.15, 0.2) is 31.0 Å². The van der Waals surface area contributed by atoms with Gasteiger partial charge in [-0.05, 0) is 18.6 Å². The van der Waals surface area contributed by atoms with Gasteiger partial charge in [0.15, 0.2) is 0 Å². The van der Waals surface area contributed by atoms with E-state index in [-0.39, 0.29) is 5.56 Å². The predicted molar refractivity (Wildman–Crippen MR) is 63.9 cm³/mol. The summed E-state index contributed by atoms with van der Waals surface area (Å²) < 4.78 is 0. The van der Waals surface area contributed by atoms with E-state index in [2.05, 4.69) is 11.6 Å². The van der Waals surface area contributed by atoms with Gasteiger partial charge in [-0.25, -0.2) is 9.78 Å². The average molecular weight is 220 g/mol. The number of hydrogen-bond donors (Lipinski definition) is 1. The van der Waals surface area contributed by atoms with Crippen molar-refractivity contribution in [3.63, 3.8) is 0 Å². The van der Waals surface area contributed by atoms with Gasteiger partial charge in [-0.15, -0.1) is 6.58 Å². The summed E-state index contributed by atoms with van der Waals surface area (Å²) in [5, 5.41) is 9.06. The van der Waals surface area contributed by atoms with E-state index >= 15 is 0 Å². The summed E-state index contributed by atoms with van der Waals surface area (Å²) in [7, 11) is 0. The second-order valence-corrected chi connectivity index (χ2v) is 3.41. The van der Waals surface area contributed by atoms with Crippen LogP contribution < -0.4 is 4.90 Å². The number of carbonyl (C=O) groups is 1. The van der Waals surface area contributed by atoms with Gasteiger partial charge in [0, 0.05) is 19.3 Å². The molecule has 1 rings (SSSR count). The Labute approximate surface area is 95.2 Å². The normalized spacial score (nSPS) is 9.81. The smallest absolute Gasteiger partial charge is 0.339 e. The Bertz CT molecular complexity index is 377. The molecule has 0 aliphatic carbocycles. The zero-order valence-electron chi connectivity index (χ0n) is 9.39. The lowest BCUT2D eigenvalue weighted by Crippen LogP contribution is -2.27. The fourth-order valence-electron chi connectivity index (χ4n) is 1.53. The lowest BCUT2D eigenvalue weighted by Gasteiger charge is -2.22. The predicted octanol–water partition coefficient (Wildman–Crippen LogP) is 2.18. The monoisotopic (exact) mass is 220 g/mol. The van der Waals surface area contributed by atoms with Crippen molar-refractivity contribution in [3.05, 3.63) is 36.5 Å². The Balaban J connectivity index is 3.06. The maximum absolute atomic E-state index is 11.0. The van der Waals surface area contributed by atoms with Crippen LogP contribution in [0.4, 0.5) is 5.82 Å². The third kappa shape index (κ3) is 2.82. The minimum Gasteiger partial charge on any atom is -0.478 e. The molecular weight excluding hydrogens is 204 g/mol. The largest absolute Gasteiger partial charge is 0.478 e. The number of nitrogens with zero attached hydrogens (tertiary/aromatic N) is 2. The van der Waals surface area contributed by atoms with Crippen molar-refractivity contribution in [2.75, 3.05) is 18.0 Å². The topological polar surface area (TPSA) is 53.4 Å². The molecule has 1 aromatic rings. The molecule has 1 heterocycles. The molecular formula is C12H16N2O2. The molecule has 4 heteroatoms. The van der Waals surface area contributed by atoms with Crippen LogP contribution >= 0.6 is 0 Å². The van der Waals surface area contributed by atoms with Gasteiger partial charge in [-0.3, -0.25) is 0 Å². The average Bonchev–Trinajstić information content (AvgIpc) is 2.29. The Kier molecular flexibility index (Phi) is 4.51. The molecule has 0 saturated carbocycles. The van der Waals surface area contributed by atoms with Crippen molar-refractivity contribution in [2.45, 2.75) is 13.3 Å². The molecule has 0 amide bonds. The number of aromatic nitrogens is 1. The standard InChI is InChI=1S/C12H16N2O2/c1-3-8-14(9-4-2)11-10(12(15)16)6-5-7-13-11/h3,5-7H,1,4,8-9H2,2H3,(H,15,16). The number of rotatable bonds is 6. The molecule has 0 bridgehead atoms. The third-order valence-corrected chi connectivity index (χ3v) is 2.16. The first kappa shape index (κ1) is 12.2. The van der Waals surface area contributed by atoms with Gasteiger partial charge < -0.3 is 10.0 Å². The SMILES string of the molecule is C=CCN(CCC)c1ncccc1C(=O)O.